The Bertz CT molecular complexity index is 1610. The average molecular weight is 672 g/mol. The second kappa shape index (κ2) is 14.4. The van der Waals surface area contributed by atoms with E-state index in [1.165, 1.54) is 0 Å². The standard InChI is InChI=1S/C40H53N3O6/c1-5-42-33-20-28-10-7-6-9-27(28)19-30(33)23-48-38(47)40-37(46)35-29(17-24(2)3)11-8-12-32(35)36(45)39(40,49-40)21-31(22-44)25(4)13-14-26-15-16-43-34(41)18-26/h7-8,10-12,15,18,24,27-28,30,33,42-44H,5-6,9,13-14,16-17,19-23,41H2,1-4H3/b31-25-/t27-,28+,30+,33-,39-,40-/m0/s1. The van der Waals surface area contributed by atoms with Gasteiger partial charge in [0.1, 0.15) is 0 Å². The fraction of sp³-hybridized carbons (Fsp3) is 0.575. The third kappa shape index (κ3) is 6.57. The molecule has 0 unspecified atom stereocenters. The number of ketones is 2. The summed E-state index contributed by atoms with van der Waals surface area (Å²) in [7, 11) is 0. The highest BCUT2D eigenvalue weighted by molar-refractivity contribution is 6.33. The van der Waals surface area contributed by atoms with Gasteiger partial charge in [-0.2, -0.15) is 0 Å². The van der Waals surface area contributed by atoms with Gasteiger partial charge in [-0.1, -0.05) is 62.8 Å². The second-order valence-electron chi connectivity index (χ2n) is 15.1. The summed E-state index contributed by atoms with van der Waals surface area (Å²) in [5.74, 6) is 0.259. The molecule has 2 aliphatic heterocycles. The SMILES string of the molecule is CCN[C@H]1C[C@H]2C=CCC[C@H]2C[C@@H]1COC(=O)[C@]12O[C@@]1(C/C(CO)=C(\C)CCC1=CCNC(N)=C1)C(=O)c1cccc(CC(C)C)c1C2=O. The van der Waals surface area contributed by atoms with E-state index in [2.05, 4.69) is 49.6 Å². The number of nitrogens with two attached hydrogens (primary N) is 1. The number of aliphatic hydroxyl groups is 1. The molecule has 49 heavy (non-hydrogen) atoms. The first kappa shape index (κ1) is 35.3. The molecule has 264 valence electrons. The highest BCUT2D eigenvalue weighted by Gasteiger charge is 2.85. The first-order valence-electron chi connectivity index (χ1n) is 18.2. The summed E-state index contributed by atoms with van der Waals surface area (Å²) in [6, 6.07) is 5.49. The Morgan fingerprint density at radius 2 is 2.04 bits per heavy atom. The number of nitrogens with one attached hydrogen (secondary N) is 2. The third-order valence-corrected chi connectivity index (χ3v) is 11.4. The zero-order valence-corrected chi connectivity index (χ0v) is 29.5. The van der Waals surface area contributed by atoms with Gasteiger partial charge in [-0.25, -0.2) is 4.79 Å². The Labute approximate surface area is 290 Å². The van der Waals surface area contributed by atoms with E-state index in [1.807, 2.05) is 19.1 Å². The van der Waals surface area contributed by atoms with Crippen molar-refractivity contribution < 1.29 is 29.0 Å². The van der Waals surface area contributed by atoms with Crippen LogP contribution in [0, 0.1) is 23.7 Å². The summed E-state index contributed by atoms with van der Waals surface area (Å²) in [5, 5.41) is 17.3. The number of allylic oxidation sites excluding steroid dienone is 5. The molecule has 1 aromatic rings. The molecule has 6 atom stereocenters. The number of carbonyl (C=O) groups is 3. The first-order valence-corrected chi connectivity index (χ1v) is 18.2. The maximum atomic E-state index is 14.7. The minimum atomic E-state index is -2.09. The van der Waals surface area contributed by atoms with Crippen LogP contribution in [0.25, 0.3) is 0 Å². The molecule has 1 saturated carbocycles. The smallest absolute Gasteiger partial charge is 0.350 e. The van der Waals surface area contributed by atoms with E-state index in [0.717, 1.165) is 48.9 Å². The molecule has 3 aliphatic carbocycles. The predicted octanol–water partition coefficient (Wildman–Crippen LogP) is 5.09. The molecule has 5 N–H and O–H groups in total. The number of rotatable bonds is 13. The van der Waals surface area contributed by atoms with E-state index in [4.69, 9.17) is 15.2 Å². The van der Waals surface area contributed by atoms with Crippen molar-refractivity contribution >= 4 is 17.5 Å². The van der Waals surface area contributed by atoms with Crippen LogP contribution in [-0.2, 0) is 20.7 Å². The second-order valence-corrected chi connectivity index (χ2v) is 15.1. The summed E-state index contributed by atoms with van der Waals surface area (Å²) < 4.78 is 12.4. The molecule has 2 fully saturated rings. The van der Waals surface area contributed by atoms with Gasteiger partial charge in [0, 0.05) is 36.1 Å². The molecule has 9 nitrogen and oxygen atoms in total. The van der Waals surface area contributed by atoms with Gasteiger partial charge in [-0.05, 0) is 99.0 Å². The van der Waals surface area contributed by atoms with Crippen molar-refractivity contribution in [1.82, 2.24) is 10.6 Å². The number of hydrogen-bond acceptors (Lipinski definition) is 9. The van der Waals surface area contributed by atoms with Crippen LogP contribution in [-0.4, -0.2) is 66.2 Å². The fourth-order valence-corrected chi connectivity index (χ4v) is 8.74. The topological polar surface area (TPSA) is 143 Å². The van der Waals surface area contributed by atoms with Gasteiger partial charge >= 0.3 is 5.97 Å². The highest BCUT2D eigenvalue weighted by Crippen LogP contribution is 2.60. The van der Waals surface area contributed by atoms with E-state index < -0.39 is 28.7 Å². The highest BCUT2D eigenvalue weighted by atomic mass is 16.7. The predicted molar refractivity (Wildman–Crippen MR) is 189 cm³/mol. The Balaban J connectivity index is 1.30. The maximum Gasteiger partial charge on any atom is 0.350 e. The van der Waals surface area contributed by atoms with E-state index in [9.17, 15) is 19.5 Å². The van der Waals surface area contributed by atoms with Crippen LogP contribution in [0.4, 0.5) is 0 Å². The third-order valence-electron chi connectivity index (χ3n) is 11.4. The maximum absolute atomic E-state index is 14.7. The molecule has 0 aromatic heterocycles. The van der Waals surface area contributed by atoms with Gasteiger partial charge in [-0.15, -0.1) is 0 Å². The van der Waals surface area contributed by atoms with Gasteiger partial charge in [0.2, 0.25) is 5.78 Å². The molecule has 0 bridgehead atoms. The lowest BCUT2D eigenvalue weighted by atomic mass is 9.68. The van der Waals surface area contributed by atoms with Crippen molar-refractivity contribution in [2.24, 2.45) is 29.4 Å². The lowest BCUT2D eigenvalue weighted by Gasteiger charge is -2.42. The lowest BCUT2D eigenvalue weighted by Crippen LogP contribution is -2.52. The van der Waals surface area contributed by atoms with Crippen LogP contribution in [0.15, 0.2) is 65.0 Å². The summed E-state index contributed by atoms with van der Waals surface area (Å²) in [5.41, 5.74) is 5.92. The molecule has 5 aliphatic rings. The first-order chi connectivity index (χ1) is 23.5. The molecular formula is C40H53N3O6. The van der Waals surface area contributed by atoms with Gasteiger partial charge in [0.05, 0.1) is 19.0 Å². The minimum absolute atomic E-state index is 0.0685. The number of fused-ring (bicyclic) bond motifs is 3. The van der Waals surface area contributed by atoms with Gasteiger partial charge in [0.25, 0.3) is 5.60 Å². The number of esters is 1. The monoisotopic (exact) mass is 671 g/mol. The normalized spacial score (nSPS) is 30.7. The van der Waals surface area contributed by atoms with Crippen molar-refractivity contribution in [3.05, 3.63) is 81.7 Å². The van der Waals surface area contributed by atoms with Crippen molar-refractivity contribution in [3.8, 4) is 0 Å². The van der Waals surface area contributed by atoms with Crippen molar-refractivity contribution in [3.63, 3.8) is 0 Å². The number of benzene rings is 1. The molecule has 0 radical (unpaired) electrons. The van der Waals surface area contributed by atoms with E-state index >= 15 is 0 Å². The van der Waals surface area contributed by atoms with E-state index in [-0.39, 0.29) is 48.6 Å². The molecule has 6 rings (SSSR count). The fourth-order valence-electron chi connectivity index (χ4n) is 8.74. The number of dihydropyridines is 1. The van der Waals surface area contributed by atoms with Crippen LogP contribution in [0.1, 0.15) is 98.9 Å². The van der Waals surface area contributed by atoms with Crippen LogP contribution in [0.5, 0.6) is 0 Å². The molecule has 0 amide bonds. The van der Waals surface area contributed by atoms with Crippen molar-refractivity contribution in [2.45, 2.75) is 96.3 Å². The summed E-state index contributed by atoms with van der Waals surface area (Å²) in [6.45, 7) is 9.39. The van der Waals surface area contributed by atoms with E-state index in [0.29, 0.717) is 49.0 Å². The zero-order chi connectivity index (χ0) is 34.9. The van der Waals surface area contributed by atoms with Crippen LogP contribution in [0.3, 0.4) is 0 Å². The molecular weight excluding hydrogens is 618 g/mol. The number of aliphatic hydroxyl groups excluding tert-OH is 1. The van der Waals surface area contributed by atoms with E-state index in [1.54, 1.807) is 12.1 Å². The van der Waals surface area contributed by atoms with Gasteiger partial charge in [0.15, 0.2) is 11.4 Å². The summed E-state index contributed by atoms with van der Waals surface area (Å²) in [6.07, 6.45) is 14.5. The zero-order valence-electron chi connectivity index (χ0n) is 29.5. The number of carbonyl (C=O) groups excluding carboxylic acids is 3. The number of hydrogen-bond donors (Lipinski definition) is 4. The average Bonchev–Trinajstić information content (AvgIpc) is 3.79. The Morgan fingerprint density at radius 3 is 2.78 bits per heavy atom. The number of epoxide rings is 1. The quantitative estimate of drug-likeness (QED) is 0.0976. The Kier molecular flexibility index (Phi) is 10.4. The number of ether oxygens (including phenoxy) is 2. The Hall–Kier alpha value is -3.53. The van der Waals surface area contributed by atoms with Gasteiger partial charge in [-0.3, -0.25) is 9.59 Å². The van der Waals surface area contributed by atoms with Crippen molar-refractivity contribution in [2.75, 3.05) is 26.3 Å². The summed E-state index contributed by atoms with van der Waals surface area (Å²) >= 11 is 0. The lowest BCUT2D eigenvalue weighted by molar-refractivity contribution is -0.150. The molecule has 2 heterocycles. The summed E-state index contributed by atoms with van der Waals surface area (Å²) in [4.78, 5) is 43.6. The molecule has 0 spiro atoms. The van der Waals surface area contributed by atoms with Crippen LogP contribution >= 0.6 is 0 Å². The van der Waals surface area contributed by atoms with Crippen LogP contribution < -0.4 is 16.4 Å². The minimum Gasteiger partial charge on any atom is -0.463 e. The van der Waals surface area contributed by atoms with Crippen LogP contribution in [0.2, 0.25) is 0 Å². The Morgan fingerprint density at radius 1 is 1.22 bits per heavy atom. The largest absolute Gasteiger partial charge is 0.463 e. The molecule has 1 aromatic carbocycles. The molecule has 9 heteroatoms. The number of Topliss-reactive ketones (excluding diaryl/α,β-unsaturated/α-hetero) is 2. The molecule has 1 saturated heterocycles. The van der Waals surface area contributed by atoms with Crippen molar-refractivity contribution in [1.29, 1.82) is 0 Å². The van der Waals surface area contributed by atoms with Gasteiger partial charge < -0.3 is 30.9 Å².